The lowest BCUT2D eigenvalue weighted by molar-refractivity contribution is -0.132. The minimum Gasteiger partial charge on any atom is -0.478 e. The van der Waals surface area contributed by atoms with E-state index < -0.39 is 5.97 Å². The van der Waals surface area contributed by atoms with Crippen LogP contribution in [0, 0.1) is 0 Å². The van der Waals surface area contributed by atoms with E-state index in [0.29, 0.717) is 12.0 Å². The number of carbonyl (C=O) groups is 2. The third-order valence-corrected chi connectivity index (χ3v) is 3.20. The van der Waals surface area contributed by atoms with Crippen molar-refractivity contribution < 1.29 is 14.7 Å². The molecule has 1 aliphatic carbocycles. The fourth-order valence-electron chi connectivity index (χ4n) is 2.06. The van der Waals surface area contributed by atoms with Gasteiger partial charge in [0.15, 0.2) is 5.78 Å². The molecule has 0 unspecified atom stereocenters. The quantitative estimate of drug-likeness (QED) is 0.826. The number of ketones is 1. The van der Waals surface area contributed by atoms with Crippen LogP contribution in [0.2, 0.25) is 0 Å². The zero-order chi connectivity index (χ0) is 13.5. The molecular weight excluding hydrogens is 228 g/mol. The maximum Gasteiger partial charge on any atom is 0.332 e. The van der Waals surface area contributed by atoms with Gasteiger partial charge in [-0.1, -0.05) is 32.9 Å². The standard InChI is InChI=1S/C15H16O3/c1-15(2,3)11-5-4-9-6-10(14(17)18)7-13(16)12(9)8-11/h4-5,7-8H,6H2,1-3H3,(H,17,18). The van der Waals surface area contributed by atoms with Gasteiger partial charge in [-0.2, -0.15) is 0 Å². The van der Waals surface area contributed by atoms with Crippen LogP contribution in [0.3, 0.4) is 0 Å². The van der Waals surface area contributed by atoms with Crippen molar-refractivity contribution >= 4 is 11.8 Å². The number of carboxylic acid groups (broad SMARTS) is 1. The second-order valence-corrected chi connectivity index (χ2v) is 5.64. The molecule has 1 aliphatic rings. The smallest absolute Gasteiger partial charge is 0.332 e. The van der Waals surface area contributed by atoms with Gasteiger partial charge in [0.05, 0.1) is 0 Å². The molecule has 0 spiro atoms. The van der Waals surface area contributed by atoms with Gasteiger partial charge in [-0.15, -0.1) is 0 Å². The highest BCUT2D eigenvalue weighted by atomic mass is 16.4. The summed E-state index contributed by atoms with van der Waals surface area (Å²) in [6.07, 6.45) is 1.55. The number of carboxylic acids is 1. The molecule has 1 aromatic rings. The van der Waals surface area contributed by atoms with E-state index in [0.717, 1.165) is 11.1 Å². The lowest BCUT2D eigenvalue weighted by atomic mass is 9.82. The summed E-state index contributed by atoms with van der Waals surface area (Å²) >= 11 is 0. The molecule has 3 nitrogen and oxygen atoms in total. The molecule has 18 heavy (non-hydrogen) atoms. The van der Waals surface area contributed by atoms with Gasteiger partial charge in [0.1, 0.15) is 0 Å². The molecule has 2 rings (SSSR count). The second kappa shape index (κ2) is 4.09. The number of benzene rings is 1. The van der Waals surface area contributed by atoms with Crippen LogP contribution < -0.4 is 0 Å². The molecule has 1 N–H and O–H groups in total. The predicted molar refractivity (Wildman–Crippen MR) is 68.9 cm³/mol. The zero-order valence-corrected chi connectivity index (χ0v) is 10.8. The van der Waals surface area contributed by atoms with Crippen molar-refractivity contribution in [2.45, 2.75) is 32.6 Å². The Balaban J connectivity index is 2.47. The van der Waals surface area contributed by atoms with Crippen molar-refractivity contribution in [3.8, 4) is 0 Å². The lowest BCUT2D eigenvalue weighted by Gasteiger charge is -2.22. The maximum atomic E-state index is 11.9. The summed E-state index contributed by atoms with van der Waals surface area (Å²) in [5, 5.41) is 8.94. The molecule has 0 aromatic heterocycles. The lowest BCUT2D eigenvalue weighted by Crippen LogP contribution is -2.18. The Morgan fingerprint density at radius 3 is 2.50 bits per heavy atom. The third-order valence-electron chi connectivity index (χ3n) is 3.20. The monoisotopic (exact) mass is 244 g/mol. The van der Waals surface area contributed by atoms with Crippen molar-refractivity contribution in [2.75, 3.05) is 0 Å². The van der Waals surface area contributed by atoms with E-state index in [4.69, 9.17) is 5.11 Å². The van der Waals surface area contributed by atoms with E-state index in [1.54, 1.807) is 0 Å². The third kappa shape index (κ3) is 2.21. The molecule has 0 bridgehead atoms. The van der Waals surface area contributed by atoms with Gasteiger partial charge < -0.3 is 5.11 Å². The van der Waals surface area contributed by atoms with Gasteiger partial charge in [-0.25, -0.2) is 4.79 Å². The number of rotatable bonds is 1. The van der Waals surface area contributed by atoms with Crippen LogP contribution in [0.1, 0.15) is 42.3 Å². The first-order chi connectivity index (χ1) is 8.29. The van der Waals surface area contributed by atoms with Crippen LogP contribution in [0.4, 0.5) is 0 Å². The average molecular weight is 244 g/mol. The van der Waals surface area contributed by atoms with Crippen molar-refractivity contribution in [3.63, 3.8) is 0 Å². The largest absolute Gasteiger partial charge is 0.478 e. The Hall–Kier alpha value is -1.90. The fraction of sp³-hybridized carbons (Fsp3) is 0.333. The number of hydrogen-bond acceptors (Lipinski definition) is 2. The molecule has 94 valence electrons. The highest BCUT2D eigenvalue weighted by Gasteiger charge is 2.23. The van der Waals surface area contributed by atoms with Gasteiger partial charge in [-0.3, -0.25) is 4.79 Å². The molecule has 0 aliphatic heterocycles. The van der Waals surface area contributed by atoms with E-state index in [1.165, 1.54) is 6.08 Å². The van der Waals surface area contributed by atoms with E-state index in [2.05, 4.69) is 20.8 Å². The number of hydrogen-bond donors (Lipinski definition) is 1. The molecule has 0 radical (unpaired) electrons. The minimum absolute atomic E-state index is 0.0217. The molecule has 0 amide bonds. The van der Waals surface area contributed by atoms with Crippen molar-refractivity contribution in [3.05, 3.63) is 46.5 Å². The molecular formula is C15H16O3. The maximum absolute atomic E-state index is 11.9. The van der Waals surface area contributed by atoms with Crippen LogP contribution in [0.25, 0.3) is 0 Å². The Kier molecular flexibility index (Phi) is 2.85. The number of aliphatic carboxylic acids is 1. The summed E-state index contributed by atoms with van der Waals surface area (Å²) in [6, 6.07) is 5.72. The number of allylic oxidation sites excluding steroid dienone is 1. The topological polar surface area (TPSA) is 54.4 Å². The summed E-state index contributed by atoms with van der Waals surface area (Å²) in [5.41, 5.74) is 2.66. The van der Waals surface area contributed by atoms with Gasteiger partial charge in [0.25, 0.3) is 0 Å². The summed E-state index contributed by atoms with van der Waals surface area (Å²) in [5.74, 6) is -1.23. The highest BCUT2D eigenvalue weighted by molar-refractivity contribution is 6.11. The average Bonchev–Trinajstić information content (AvgIpc) is 2.27. The van der Waals surface area contributed by atoms with Crippen molar-refractivity contribution in [1.82, 2.24) is 0 Å². The van der Waals surface area contributed by atoms with E-state index in [1.807, 2.05) is 18.2 Å². The molecule has 0 saturated carbocycles. The molecule has 0 fully saturated rings. The van der Waals surface area contributed by atoms with E-state index >= 15 is 0 Å². The summed E-state index contributed by atoms with van der Waals surface area (Å²) in [6.45, 7) is 6.25. The van der Waals surface area contributed by atoms with Gasteiger partial charge in [0.2, 0.25) is 0 Å². The van der Waals surface area contributed by atoms with Gasteiger partial charge in [0, 0.05) is 17.6 Å². The summed E-state index contributed by atoms with van der Waals surface area (Å²) in [4.78, 5) is 22.9. The first-order valence-electron chi connectivity index (χ1n) is 5.90. The van der Waals surface area contributed by atoms with Gasteiger partial charge >= 0.3 is 5.97 Å². The Bertz CT molecular complexity index is 560. The minimum atomic E-state index is -1.02. The van der Waals surface area contributed by atoms with Crippen LogP contribution in [0.5, 0.6) is 0 Å². The van der Waals surface area contributed by atoms with Crippen LogP contribution >= 0.6 is 0 Å². The Labute approximate surface area is 106 Å². The zero-order valence-electron chi connectivity index (χ0n) is 10.8. The van der Waals surface area contributed by atoms with Crippen LogP contribution in [-0.4, -0.2) is 16.9 Å². The van der Waals surface area contributed by atoms with Crippen molar-refractivity contribution in [2.24, 2.45) is 0 Å². The Morgan fingerprint density at radius 2 is 1.94 bits per heavy atom. The van der Waals surface area contributed by atoms with E-state index in [9.17, 15) is 9.59 Å². The second-order valence-electron chi connectivity index (χ2n) is 5.64. The van der Waals surface area contributed by atoms with Crippen molar-refractivity contribution in [1.29, 1.82) is 0 Å². The predicted octanol–water partition coefficient (Wildman–Crippen LogP) is 2.73. The first kappa shape index (κ1) is 12.6. The number of carbonyl (C=O) groups excluding carboxylic acids is 1. The molecule has 3 heteroatoms. The molecule has 0 saturated heterocycles. The summed E-state index contributed by atoms with van der Waals surface area (Å²) < 4.78 is 0. The highest BCUT2D eigenvalue weighted by Crippen LogP contribution is 2.28. The molecule has 1 aromatic carbocycles. The van der Waals surface area contributed by atoms with Crippen LogP contribution in [0.15, 0.2) is 29.8 Å². The molecule has 0 atom stereocenters. The van der Waals surface area contributed by atoms with Gasteiger partial charge in [-0.05, 0) is 28.7 Å². The first-order valence-corrected chi connectivity index (χ1v) is 5.90. The number of fused-ring (bicyclic) bond motifs is 1. The fourth-order valence-corrected chi connectivity index (χ4v) is 2.06. The normalized spacial score (nSPS) is 15.1. The van der Waals surface area contributed by atoms with E-state index in [-0.39, 0.29) is 16.8 Å². The SMILES string of the molecule is CC(C)(C)c1ccc2c(c1)C(=O)C=C(C(=O)O)C2. The van der Waals surface area contributed by atoms with Crippen LogP contribution in [-0.2, 0) is 16.6 Å². The molecule has 0 heterocycles. The Morgan fingerprint density at radius 1 is 1.28 bits per heavy atom. The summed E-state index contributed by atoms with van der Waals surface area (Å²) in [7, 11) is 0.